The Morgan fingerprint density at radius 3 is 2.74 bits per heavy atom. The molecule has 0 bridgehead atoms. The lowest BCUT2D eigenvalue weighted by atomic mass is 9.91. The molecule has 0 spiro atoms. The zero-order chi connectivity index (χ0) is 14.0. The van der Waals surface area contributed by atoms with Crippen molar-refractivity contribution >= 4 is 5.97 Å². The monoisotopic (exact) mass is 262 g/mol. The van der Waals surface area contributed by atoms with Crippen LogP contribution in [0.3, 0.4) is 0 Å². The van der Waals surface area contributed by atoms with Crippen molar-refractivity contribution in [1.82, 2.24) is 0 Å². The van der Waals surface area contributed by atoms with Crippen LogP contribution in [0.25, 0.3) is 0 Å². The van der Waals surface area contributed by atoms with Gasteiger partial charge in [-0.25, -0.2) is 0 Å². The van der Waals surface area contributed by atoms with Crippen LogP contribution in [0, 0.1) is 18.8 Å². The van der Waals surface area contributed by atoms with Gasteiger partial charge in [0, 0.05) is 0 Å². The normalized spacial score (nSPS) is 22.7. The number of carbonyl (C=O) groups is 1. The summed E-state index contributed by atoms with van der Waals surface area (Å²) in [5, 5.41) is 0. The van der Waals surface area contributed by atoms with E-state index >= 15 is 0 Å². The molecule has 0 saturated heterocycles. The van der Waals surface area contributed by atoms with Gasteiger partial charge >= 0.3 is 5.97 Å². The van der Waals surface area contributed by atoms with Crippen molar-refractivity contribution in [1.29, 1.82) is 0 Å². The van der Waals surface area contributed by atoms with Crippen LogP contribution < -0.4 is 4.74 Å². The zero-order valence-corrected chi connectivity index (χ0v) is 12.1. The van der Waals surface area contributed by atoms with Gasteiger partial charge in [0.05, 0.1) is 20.1 Å². The van der Waals surface area contributed by atoms with Crippen molar-refractivity contribution in [3.05, 3.63) is 29.3 Å². The van der Waals surface area contributed by atoms with E-state index in [1.54, 1.807) is 7.11 Å². The van der Waals surface area contributed by atoms with Gasteiger partial charge in [-0.2, -0.15) is 0 Å². The maximum atomic E-state index is 11.4. The topological polar surface area (TPSA) is 35.5 Å². The van der Waals surface area contributed by atoms with Crippen LogP contribution in [0.2, 0.25) is 0 Å². The van der Waals surface area contributed by atoms with E-state index in [9.17, 15) is 4.79 Å². The first-order valence-electron chi connectivity index (χ1n) is 6.79. The Labute approximate surface area is 114 Å². The van der Waals surface area contributed by atoms with Gasteiger partial charge in [-0.3, -0.25) is 4.79 Å². The van der Waals surface area contributed by atoms with Crippen LogP contribution in [-0.4, -0.2) is 20.2 Å². The predicted octanol–water partition coefficient (Wildman–Crippen LogP) is 3.31. The number of methoxy groups -OCH3 is 2. The highest BCUT2D eigenvalue weighted by Crippen LogP contribution is 2.46. The Hall–Kier alpha value is -1.51. The minimum Gasteiger partial charge on any atom is -0.497 e. The Kier molecular flexibility index (Phi) is 4.13. The average molecular weight is 262 g/mol. The summed E-state index contributed by atoms with van der Waals surface area (Å²) in [5.74, 6) is 1.93. The highest BCUT2D eigenvalue weighted by molar-refractivity contribution is 5.75. The van der Waals surface area contributed by atoms with Crippen molar-refractivity contribution in [2.75, 3.05) is 14.2 Å². The molecule has 3 atom stereocenters. The van der Waals surface area contributed by atoms with E-state index in [1.807, 2.05) is 6.07 Å². The fraction of sp³-hybridized carbons (Fsp3) is 0.562. The summed E-state index contributed by atoms with van der Waals surface area (Å²) in [7, 11) is 3.15. The van der Waals surface area contributed by atoms with E-state index in [-0.39, 0.29) is 11.9 Å². The maximum absolute atomic E-state index is 11.4. The molecule has 1 aliphatic rings. The smallest absolute Gasteiger partial charge is 0.308 e. The maximum Gasteiger partial charge on any atom is 0.308 e. The quantitative estimate of drug-likeness (QED) is 0.764. The summed E-state index contributed by atoms with van der Waals surface area (Å²) in [6, 6.07) is 6.20. The summed E-state index contributed by atoms with van der Waals surface area (Å²) in [6.45, 7) is 4.33. The van der Waals surface area contributed by atoms with Gasteiger partial charge in [0.2, 0.25) is 0 Å². The second-order valence-corrected chi connectivity index (χ2v) is 5.48. The van der Waals surface area contributed by atoms with E-state index < -0.39 is 0 Å². The van der Waals surface area contributed by atoms with Crippen LogP contribution in [0.5, 0.6) is 5.75 Å². The number of esters is 1. The molecule has 3 nitrogen and oxygen atoms in total. The molecule has 0 radical (unpaired) electrons. The van der Waals surface area contributed by atoms with Gasteiger partial charge in [0.15, 0.2) is 0 Å². The van der Waals surface area contributed by atoms with Gasteiger partial charge in [-0.15, -0.1) is 0 Å². The predicted molar refractivity (Wildman–Crippen MR) is 74.4 cm³/mol. The Bertz CT molecular complexity index is 467. The van der Waals surface area contributed by atoms with Crippen LogP contribution in [0.1, 0.15) is 36.8 Å². The third-order valence-corrected chi connectivity index (χ3v) is 4.09. The second-order valence-electron chi connectivity index (χ2n) is 5.48. The summed E-state index contributed by atoms with van der Waals surface area (Å²) in [4.78, 5) is 11.4. The number of hydrogen-bond acceptors (Lipinski definition) is 3. The molecule has 19 heavy (non-hydrogen) atoms. The molecular formula is C16H22O3. The molecule has 0 aromatic heterocycles. The Morgan fingerprint density at radius 1 is 1.42 bits per heavy atom. The lowest BCUT2D eigenvalue weighted by Crippen LogP contribution is -2.06. The molecule has 0 heterocycles. The van der Waals surface area contributed by atoms with Gasteiger partial charge < -0.3 is 9.47 Å². The van der Waals surface area contributed by atoms with Crippen molar-refractivity contribution < 1.29 is 14.3 Å². The number of rotatable bonds is 5. The number of aryl methyl sites for hydroxylation is 1. The molecule has 1 aromatic carbocycles. The van der Waals surface area contributed by atoms with Crippen LogP contribution in [-0.2, 0) is 9.53 Å². The molecule has 1 saturated carbocycles. The standard InChI is InChI=1S/C16H22O3/c1-10(7-12-9-15(12)16(17)19-4)14-6-5-13(18-3)8-11(14)2/h5-6,8,10,12,15H,7,9H2,1-4H3. The van der Waals surface area contributed by atoms with Crippen LogP contribution in [0.15, 0.2) is 18.2 Å². The Morgan fingerprint density at radius 2 is 2.16 bits per heavy atom. The van der Waals surface area contributed by atoms with Gasteiger partial charge in [-0.1, -0.05) is 13.0 Å². The van der Waals surface area contributed by atoms with E-state index in [0.717, 1.165) is 18.6 Å². The third kappa shape index (κ3) is 3.09. The number of benzene rings is 1. The Balaban J connectivity index is 1.97. The molecule has 2 rings (SSSR count). The molecule has 104 valence electrons. The summed E-state index contributed by atoms with van der Waals surface area (Å²) in [5.41, 5.74) is 2.60. The largest absolute Gasteiger partial charge is 0.497 e. The lowest BCUT2D eigenvalue weighted by Gasteiger charge is -2.15. The molecule has 0 amide bonds. The van der Waals surface area contributed by atoms with Gasteiger partial charge in [-0.05, 0) is 54.9 Å². The van der Waals surface area contributed by atoms with Crippen LogP contribution in [0.4, 0.5) is 0 Å². The SMILES string of the molecule is COC(=O)C1CC1CC(C)c1ccc(OC)cc1C. The van der Waals surface area contributed by atoms with Gasteiger partial charge in [0.25, 0.3) is 0 Å². The molecule has 0 N–H and O–H groups in total. The third-order valence-electron chi connectivity index (χ3n) is 4.09. The van der Waals surface area contributed by atoms with E-state index in [0.29, 0.717) is 11.8 Å². The molecule has 1 aliphatic carbocycles. The van der Waals surface area contributed by atoms with Crippen molar-refractivity contribution in [3.63, 3.8) is 0 Å². The van der Waals surface area contributed by atoms with Crippen LogP contribution >= 0.6 is 0 Å². The highest BCUT2D eigenvalue weighted by atomic mass is 16.5. The fourth-order valence-electron chi connectivity index (χ4n) is 2.86. The first-order chi connectivity index (χ1) is 9.06. The van der Waals surface area contributed by atoms with E-state index in [1.165, 1.54) is 18.2 Å². The molecule has 3 unspecified atom stereocenters. The molecule has 3 heteroatoms. The molecular weight excluding hydrogens is 240 g/mol. The van der Waals surface area contributed by atoms with Crippen molar-refractivity contribution in [2.45, 2.75) is 32.6 Å². The van der Waals surface area contributed by atoms with Crippen molar-refractivity contribution in [2.24, 2.45) is 11.8 Å². The number of carbonyl (C=O) groups excluding carboxylic acids is 1. The minimum absolute atomic E-state index is 0.0522. The zero-order valence-electron chi connectivity index (χ0n) is 12.1. The summed E-state index contributed by atoms with van der Waals surface area (Å²) >= 11 is 0. The molecule has 1 fully saturated rings. The lowest BCUT2D eigenvalue weighted by molar-refractivity contribution is -0.142. The molecule has 0 aliphatic heterocycles. The fourth-order valence-corrected chi connectivity index (χ4v) is 2.86. The number of ether oxygens (including phenoxy) is 2. The van der Waals surface area contributed by atoms with E-state index in [4.69, 9.17) is 9.47 Å². The second kappa shape index (κ2) is 5.64. The van der Waals surface area contributed by atoms with Gasteiger partial charge in [0.1, 0.15) is 5.75 Å². The summed E-state index contributed by atoms with van der Waals surface area (Å²) in [6.07, 6.45) is 2.03. The summed E-state index contributed by atoms with van der Waals surface area (Å²) < 4.78 is 10.0. The van der Waals surface area contributed by atoms with E-state index in [2.05, 4.69) is 26.0 Å². The highest BCUT2D eigenvalue weighted by Gasteiger charge is 2.44. The average Bonchev–Trinajstić information content (AvgIpc) is 3.16. The first kappa shape index (κ1) is 13.9. The minimum atomic E-state index is -0.0522. The van der Waals surface area contributed by atoms with Crippen molar-refractivity contribution in [3.8, 4) is 5.75 Å². The molecule has 1 aromatic rings. The number of hydrogen-bond donors (Lipinski definition) is 0. The first-order valence-corrected chi connectivity index (χ1v) is 6.79.